The Hall–Kier alpha value is -2.01. The highest BCUT2D eigenvalue weighted by Crippen LogP contribution is 2.35. The van der Waals surface area contributed by atoms with Crippen molar-refractivity contribution in [3.63, 3.8) is 0 Å². The predicted octanol–water partition coefficient (Wildman–Crippen LogP) is 5.50. The molecular formula is C20H16Cl3N3O4S2. The minimum absolute atomic E-state index is 0.0574. The molecule has 7 nitrogen and oxygen atoms in total. The first kappa shape index (κ1) is 24.6. The second-order valence-electron chi connectivity index (χ2n) is 6.42. The van der Waals surface area contributed by atoms with Gasteiger partial charge in [0.1, 0.15) is 22.2 Å². The zero-order valence-electron chi connectivity index (χ0n) is 16.7. The molecule has 3 aromatic rings. The van der Waals surface area contributed by atoms with Gasteiger partial charge in [0.2, 0.25) is 0 Å². The maximum atomic E-state index is 12.9. The molecule has 0 aliphatic carbocycles. The summed E-state index contributed by atoms with van der Waals surface area (Å²) in [4.78, 5) is 30.1. The maximum Gasteiger partial charge on any atom is 0.267 e. The second-order valence-corrected chi connectivity index (χ2v) is 9.99. The molecule has 2 amide bonds. The van der Waals surface area contributed by atoms with Crippen LogP contribution in [0.15, 0.2) is 35.8 Å². The van der Waals surface area contributed by atoms with Crippen LogP contribution in [0.4, 0.5) is 11.5 Å². The van der Waals surface area contributed by atoms with Gasteiger partial charge in [-0.3, -0.25) is 9.59 Å². The number of nitrogens with one attached hydrogen (secondary N) is 2. The first-order chi connectivity index (χ1) is 15.2. The molecule has 0 saturated carbocycles. The molecule has 12 heteroatoms. The lowest BCUT2D eigenvalue weighted by atomic mass is 10.1. The number of aromatic nitrogens is 1. The standard InChI is InChI=1S/C20H16Cl3N3O4S2/c1-30-14-6-12(22)5-13(19(27)25-15-4-3-11(21)7-24-15)17(14)26-20(28)18-16(23)10(8-31-18)9-32(2)29/h3-8H,9H2,1-2H3,(H,26,28)(H,24,25,27). The number of anilines is 2. The second kappa shape index (κ2) is 10.7. The number of carbonyl (C=O) groups excluding carboxylic acids is 2. The van der Waals surface area contributed by atoms with Gasteiger partial charge in [0.15, 0.2) is 0 Å². The summed E-state index contributed by atoms with van der Waals surface area (Å²) in [7, 11) is 1.39. The first-order valence-corrected chi connectivity index (χ1v) is 12.6. The number of nitrogens with zero attached hydrogens (tertiary/aromatic N) is 1. The van der Waals surface area contributed by atoms with Crippen LogP contribution in [0.1, 0.15) is 25.6 Å². The third-order valence-electron chi connectivity index (χ3n) is 4.10. The molecular weight excluding hydrogens is 517 g/mol. The fourth-order valence-corrected chi connectivity index (χ4v) is 5.13. The van der Waals surface area contributed by atoms with Crippen molar-refractivity contribution in [3.05, 3.63) is 66.9 Å². The average Bonchev–Trinajstić information content (AvgIpc) is 3.10. The van der Waals surface area contributed by atoms with E-state index >= 15 is 0 Å². The highest BCUT2D eigenvalue weighted by Gasteiger charge is 2.24. The molecule has 2 aromatic heterocycles. The van der Waals surface area contributed by atoms with Crippen LogP contribution < -0.4 is 15.4 Å². The molecule has 2 heterocycles. The highest BCUT2D eigenvalue weighted by atomic mass is 35.5. The summed E-state index contributed by atoms with van der Waals surface area (Å²) >= 11 is 18.3. The Balaban J connectivity index is 1.93. The zero-order valence-corrected chi connectivity index (χ0v) is 20.6. The molecule has 168 valence electrons. The van der Waals surface area contributed by atoms with Crippen molar-refractivity contribution in [2.24, 2.45) is 0 Å². The number of hydrogen-bond donors (Lipinski definition) is 2. The molecule has 0 aliphatic heterocycles. The molecule has 1 aromatic carbocycles. The number of carbonyl (C=O) groups is 2. The van der Waals surface area contributed by atoms with Crippen molar-refractivity contribution >= 4 is 80.6 Å². The average molecular weight is 533 g/mol. The van der Waals surface area contributed by atoms with E-state index in [1.54, 1.807) is 17.7 Å². The van der Waals surface area contributed by atoms with Gasteiger partial charge in [0.05, 0.1) is 34.7 Å². The van der Waals surface area contributed by atoms with E-state index in [4.69, 9.17) is 39.5 Å². The minimum Gasteiger partial charge on any atom is -0.616 e. The van der Waals surface area contributed by atoms with Gasteiger partial charge in [-0.2, -0.15) is 0 Å². The molecule has 0 saturated heterocycles. The van der Waals surface area contributed by atoms with Crippen molar-refractivity contribution < 1.29 is 18.9 Å². The number of hydrogen-bond acceptors (Lipinski definition) is 6. The molecule has 1 unspecified atom stereocenters. The van der Waals surface area contributed by atoms with Gasteiger partial charge in [0, 0.05) is 28.2 Å². The van der Waals surface area contributed by atoms with Crippen molar-refractivity contribution in [2.45, 2.75) is 5.75 Å². The number of rotatable bonds is 7. The van der Waals surface area contributed by atoms with Gasteiger partial charge < -0.3 is 19.9 Å². The van der Waals surface area contributed by atoms with Crippen molar-refractivity contribution in [1.29, 1.82) is 0 Å². The number of ether oxygens (including phenoxy) is 1. The lowest BCUT2D eigenvalue weighted by molar-refractivity contribution is 0.102. The topological polar surface area (TPSA) is 103 Å². The first-order valence-electron chi connectivity index (χ1n) is 8.87. The van der Waals surface area contributed by atoms with E-state index in [0.717, 1.165) is 11.3 Å². The van der Waals surface area contributed by atoms with Gasteiger partial charge in [-0.15, -0.1) is 11.3 Å². The predicted molar refractivity (Wildman–Crippen MR) is 130 cm³/mol. The number of amides is 2. The highest BCUT2D eigenvalue weighted by molar-refractivity contribution is 7.89. The number of halogens is 3. The monoisotopic (exact) mass is 531 g/mol. The Morgan fingerprint density at radius 2 is 1.91 bits per heavy atom. The Morgan fingerprint density at radius 1 is 1.16 bits per heavy atom. The Morgan fingerprint density at radius 3 is 2.53 bits per heavy atom. The van der Waals surface area contributed by atoms with E-state index in [2.05, 4.69) is 15.6 Å². The fraction of sp³-hybridized carbons (Fsp3) is 0.150. The summed E-state index contributed by atoms with van der Waals surface area (Å²) < 4.78 is 16.8. The Labute approximate surface area is 206 Å². The molecule has 0 radical (unpaired) electrons. The van der Waals surface area contributed by atoms with E-state index < -0.39 is 23.0 Å². The van der Waals surface area contributed by atoms with E-state index in [0.29, 0.717) is 10.6 Å². The van der Waals surface area contributed by atoms with Gasteiger partial charge >= 0.3 is 0 Å². The van der Waals surface area contributed by atoms with E-state index in [1.807, 2.05) is 0 Å². The third-order valence-corrected chi connectivity index (χ3v) is 6.84. The normalized spacial score (nSPS) is 11.7. The van der Waals surface area contributed by atoms with Crippen LogP contribution in [-0.4, -0.2) is 34.7 Å². The Kier molecular flexibility index (Phi) is 8.26. The summed E-state index contributed by atoms with van der Waals surface area (Å²) in [6.07, 6.45) is 2.94. The number of thiophene rings is 1. The SMILES string of the molecule is COc1cc(Cl)cc(C(=O)Nc2ccc(Cl)cn2)c1NC(=O)c1scc(C[S+](C)[O-])c1Cl. The lowest BCUT2D eigenvalue weighted by Gasteiger charge is -2.15. The van der Waals surface area contributed by atoms with E-state index in [-0.39, 0.29) is 43.5 Å². The molecule has 0 fully saturated rings. The largest absolute Gasteiger partial charge is 0.616 e. The molecule has 0 aliphatic rings. The molecule has 32 heavy (non-hydrogen) atoms. The van der Waals surface area contributed by atoms with Crippen LogP contribution in [0.5, 0.6) is 5.75 Å². The summed E-state index contributed by atoms with van der Waals surface area (Å²) in [5, 5.41) is 7.85. The molecule has 3 rings (SSSR count). The summed E-state index contributed by atoms with van der Waals surface area (Å²) in [5.41, 5.74) is 0.776. The summed E-state index contributed by atoms with van der Waals surface area (Å²) in [6.45, 7) is 0. The van der Waals surface area contributed by atoms with Gasteiger partial charge in [-0.1, -0.05) is 46.0 Å². The van der Waals surface area contributed by atoms with E-state index in [9.17, 15) is 14.1 Å². The third kappa shape index (κ3) is 5.86. The quantitative estimate of drug-likeness (QED) is 0.391. The van der Waals surface area contributed by atoms with Crippen LogP contribution in [0.25, 0.3) is 0 Å². The summed E-state index contributed by atoms with van der Waals surface area (Å²) in [5.74, 6) is -0.450. The van der Waals surface area contributed by atoms with Crippen molar-refractivity contribution in [2.75, 3.05) is 24.0 Å². The number of benzene rings is 1. The lowest BCUT2D eigenvalue weighted by Crippen LogP contribution is -2.19. The van der Waals surface area contributed by atoms with Gasteiger partial charge in [-0.25, -0.2) is 4.98 Å². The molecule has 2 N–H and O–H groups in total. The maximum absolute atomic E-state index is 12.9. The number of pyridine rings is 1. The van der Waals surface area contributed by atoms with Crippen LogP contribution in [0, 0.1) is 0 Å². The number of methoxy groups -OCH3 is 1. The summed E-state index contributed by atoms with van der Waals surface area (Å²) in [6, 6.07) is 5.97. The zero-order chi connectivity index (χ0) is 23.4. The van der Waals surface area contributed by atoms with Gasteiger partial charge in [0.25, 0.3) is 11.8 Å². The van der Waals surface area contributed by atoms with Crippen LogP contribution in [0.2, 0.25) is 15.1 Å². The molecule has 1 atom stereocenters. The molecule has 0 bridgehead atoms. The molecule has 0 spiro atoms. The van der Waals surface area contributed by atoms with Gasteiger partial charge in [-0.05, 0) is 18.2 Å². The van der Waals surface area contributed by atoms with Crippen molar-refractivity contribution in [3.8, 4) is 5.75 Å². The van der Waals surface area contributed by atoms with Crippen LogP contribution in [0.3, 0.4) is 0 Å². The fourth-order valence-electron chi connectivity index (χ4n) is 2.70. The van der Waals surface area contributed by atoms with Crippen molar-refractivity contribution in [1.82, 2.24) is 4.98 Å². The van der Waals surface area contributed by atoms with Crippen LogP contribution >= 0.6 is 46.1 Å². The van der Waals surface area contributed by atoms with Crippen LogP contribution in [-0.2, 0) is 16.9 Å². The smallest absolute Gasteiger partial charge is 0.267 e. The van der Waals surface area contributed by atoms with E-state index in [1.165, 1.54) is 31.5 Å². The minimum atomic E-state index is -1.11. The Bertz CT molecular complexity index is 1150.